The van der Waals surface area contributed by atoms with Crippen molar-refractivity contribution in [1.82, 2.24) is 4.90 Å². The maximum atomic E-state index is 11.1. The highest BCUT2D eigenvalue weighted by molar-refractivity contribution is 7.90. The molecule has 0 fully saturated rings. The summed E-state index contributed by atoms with van der Waals surface area (Å²) < 4.78 is 22.1. The molecule has 6 nitrogen and oxygen atoms in total. The molecule has 0 aliphatic rings. The summed E-state index contributed by atoms with van der Waals surface area (Å²) in [6, 6.07) is 6.10. The molecule has 0 saturated carbocycles. The molecular weight excluding hydrogens is 304 g/mol. The maximum absolute atomic E-state index is 11.1. The van der Waals surface area contributed by atoms with E-state index in [4.69, 9.17) is 5.21 Å². The molecule has 124 valence electrons. The van der Waals surface area contributed by atoms with Gasteiger partial charge in [-0.05, 0) is 25.6 Å². The Balaban J connectivity index is 0.000000409. The molecule has 0 aromatic heterocycles. The summed E-state index contributed by atoms with van der Waals surface area (Å²) in [4.78, 5) is 12.8. The second-order valence-corrected chi connectivity index (χ2v) is 6.53. The van der Waals surface area contributed by atoms with Gasteiger partial charge < -0.3 is 10.1 Å². The van der Waals surface area contributed by atoms with Crippen LogP contribution in [0.5, 0.6) is 0 Å². The van der Waals surface area contributed by atoms with Gasteiger partial charge in [0, 0.05) is 24.6 Å². The zero-order chi connectivity index (χ0) is 17.0. The molecule has 1 aromatic rings. The van der Waals surface area contributed by atoms with E-state index in [-0.39, 0.29) is 10.5 Å². The Morgan fingerprint density at radius 1 is 1.23 bits per heavy atom. The van der Waals surface area contributed by atoms with E-state index < -0.39 is 9.84 Å². The molecule has 0 radical (unpaired) electrons. The van der Waals surface area contributed by atoms with E-state index in [1.165, 1.54) is 18.3 Å². The van der Waals surface area contributed by atoms with Gasteiger partial charge >= 0.3 is 0 Å². The number of carbonyl (C=O) groups is 1. The number of benzene rings is 1. The Kier molecular flexibility index (Phi) is 10.1. The number of hydrogen-bond donors (Lipinski definition) is 1. The summed E-state index contributed by atoms with van der Waals surface area (Å²) in [5.74, 6) is 0. The number of hydrogen-bond acceptors (Lipinski definition) is 6. The van der Waals surface area contributed by atoms with E-state index in [0.717, 1.165) is 32.3 Å². The number of sulfone groups is 1. The summed E-state index contributed by atoms with van der Waals surface area (Å²) >= 11 is 0. The van der Waals surface area contributed by atoms with Gasteiger partial charge in [0.2, 0.25) is 0 Å². The number of rotatable bonds is 7. The number of carbonyl (C=O) groups excluding carboxylic acids is 1. The monoisotopic (exact) mass is 328 g/mol. The lowest BCUT2D eigenvalue weighted by Gasteiger charge is -2.15. The van der Waals surface area contributed by atoms with Crippen LogP contribution in [0, 0.1) is 0 Å². The zero-order valence-corrected chi connectivity index (χ0v) is 14.1. The lowest BCUT2D eigenvalue weighted by atomic mass is 10.2. The highest BCUT2D eigenvalue weighted by Gasteiger charge is 2.10. The molecular formula is C15H24N2O4S. The maximum Gasteiger partial charge on any atom is 0.176 e. The van der Waals surface area contributed by atoms with Crippen molar-refractivity contribution >= 4 is 22.3 Å². The molecule has 0 spiro atoms. The van der Waals surface area contributed by atoms with Crippen molar-refractivity contribution in [2.45, 2.75) is 25.2 Å². The fourth-order valence-corrected chi connectivity index (χ4v) is 2.62. The zero-order valence-electron chi connectivity index (χ0n) is 13.3. The Morgan fingerprint density at radius 3 is 2.23 bits per heavy atom. The summed E-state index contributed by atoms with van der Waals surface area (Å²) in [6.07, 6.45) is 3.97. The SMILES string of the molecule is CCN(CC)CCC=NO.CS(=O)(=O)c1ccccc1C=O. The molecule has 0 atom stereocenters. The Labute approximate surface area is 132 Å². The Morgan fingerprint density at radius 2 is 1.82 bits per heavy atom. The summed E-state index contributed by atoms with van der Waals surface area (Å²) in [5, 5.41) is 11.0. The average Bonchev–Trinajstić information content (AvgIpc) is 2.51. The topological polar surface area (TPSA) is 87.0 Å². The first-order chi connectivity index (χ1) is 10.4. The molecule has 0 aliphatic heterocycles. The third-order valence-electron chi connectivity index (χ3n) is 3.00. The molecule has 1 aromatic carbocycles. The van der Waals surface area contributed by atoms with Crippen LogP contribution < -0.4 is 0 Å². The van der Waals surface area contributed by atoms with Crippen LogP contribution in [-0.4, -0.2) is 56.9 Å². The fraction of sp³-hybridized carbons (Fsp3) is 0.467. The minimum atomic E-state index is -3.28. The lowest BCUT2D eigenvalue weighted by Crippen LogP contribution is -2.24. The van der Waals surface area contributed by atoms with Crippen molar-refractivity contribution < 1.29 is 18.4 Å². The highest BCUT2D eigenvalue weighted by atomic mass is 32.2. The van der Waals surface area contributed by atoms with Crippen molar-refractivity contribution in [3.63, 3.8) is 0 Å². The molecule has 0 unspecified atom stereocenters. The van der Waals surface area contributed by atoms with Gasteiger partial charge in [-0.1, -0.05) is 32.0 Å². The second kappa shape index (κ2) is 10.9. The van der Waals surface area contributed by atoms with Crippen molar-refractivity contribution in [2.24, 2.45) is 5.16 Å². The first-order valence-electron chi connectivity index (χ1n) is 7.03. The third kappa shape index (κ3) is 7.90. The van der Waals surface area contributed by atoms with Crippen LogP contribution in [0.25, 0.3) is 0 Å². The highest BCUT2D eigenvalue weighted by Crippen LogP contribution is 2.12. The summed E-state index contributed by atoms with van der Waals surface area (Å²) in [5.41, 5.74) is 0.208. The number of nitrogens with zero attached hydrogens (tertiary/aromatic N) is 2. The van der Waals surface area contributed by atoms with Gasteiger partial charge in [0.1, 0.15) is 0 Å². The molecule has 0 amide bonds. The van der Waals surface area contributed by atoms with Crippen LogP contribution in [0.4, 0.5) is 0 Å². The second-order valence-electron chi connectivity index (χ2n) is 4.54. The predicted molar refractivity (Wildman–Crippen MR) is 87.6 cm³/mol. The minimum absolute atomic E-state index is 0.0833. The van der Waals surface area contributed by atoms with Crippen molar-refractivity contribution in [2.75, 3.05) is 25.9 Å². The van der Waals surface area contributed by atoms with E-state index >= 15 is 0 Å². The van der Waals surface area contributed by atoms with Gasteiger partial charge in [-0.15, -0.1) is 5.16 Å². The van der Waals surface area contributed by atoms with Crippen LogP contribution in [-0.2, 0) is 9.84 Å². The first-order valence-corrected chi connectivity index (χ1v) is 8.92. The molecule has 0 bridgehead atoms. The van der Waals surface area contributed by atoms with Crippen molar-refractivity contribution in [1.29, 1.82) is 0 Å². The molecule has 22 heavy (non-hydrogen) atoms. The molecule has 1 rings (SSSR count). The van der Waals surface area contributed by atoms with Crippen molar-refractivity contribution in [3.8, 4) is 0 Å². The number of oxime groups is 1. The van der Waals surface area contributed by atoms with Crippen LogP contribution in [0.1, 0.15) is 30.6 Å². The molecule has 0 heterocycles. The lowest BCUT2D eigenvalue weighted by molar-refractivity contribution is 0.112. The molecule has 7 heteroatoms. The van der Waals surface area contributed by atoms with Crippen LogP contribution in [0.15, 0.2) is 34.3 Å². The van der Waals surface area contributed by atoms with E-state index in [0.29, 0.717) is 6.29 Å². The first kappa shape index (κ1) is 20.3. The number of aldehydes is 1. The normalized spacial score (nSPS) is 11.3. The summed E-state index contributed by atoms with van der Waals surface area (Å²) in [6.45, 7) is 7.36. The molecule has 1 N–H and O–H groups in total. The van der Waals surface area contributed by atoms with Crippen molar-refractivity contribution in [3.05, 3.63) is 29.8 Å². The van der Waals surface area contributed by atoms with Gasteiger partial charge in [-0.25, -0.2) is 8.42 Å². The molecule has 0 aliphatic carbocycles. The Bertz CT molecular complexity index is 567. The quantitative estimate of drug-likeness (QED) is 0.358. The van der Waals surface area contributed by atoms with Gasteiger partial charge in [0.25, 0.3) is 0 Å². The van der Waals surface area contributed by atoms with E-state index in [1.807, 2.05) is 0 Å². The predicted octanol–water partition coefficient (Wildman–Crippen LogP) is 2.08. The summed E-state index contributed by atoms with van der Waals surface area (Å²) in [7, 11) is -3.28. The van der Waals surface area contributed by atoms with Gasteiger partial charge in [-0.2, -0.15) is 0 Å². The smallest absolute Gasteiger partial charge is 0.176 e. The fourth-order valence-electron chi connectivity index (χ4n) is 1.75. The standard InChI is InChI=1S/C8H8O3S.C7H16N2O/c1-12(10,11)8-5-3-2-4-7(8)6-9;1-3-9(4-2)7-5-6-8-10/h2-6H,1H3;6,10H,3-5,7H2,1-2H3. The van der Waals surface area contributed by atoms with E-state index in [2.05, 4.69) is 23.9 Å². The van der Waals surface area contributed by atoms with Crippen LogP contribution in [0.2, 0.25) is 0 Å². The average molecular weight is 328 g/mol. The van der Waals surface area contributed by atoms with Gasteiger partial charge in [0.05, 0.1) is 4.90 Å². The van der Waals surface area contributed by atoms with Gasteiger partial charge in [0.15, 0.2) is 16.1 Å². The molecule has 0 saturated heterocycles. The third-order valence-corrected chi connectivity index (χ3v) is 4.17. The van der Waals surface area contributed by atoms with Crippen LogP contribution >= 0.6 is 0 Å². The largest absolute Gasteiger partial charge is 0.411 e. The van der Waals surface area contributed by atoms with Gasteiger partial charge in [-0.3, -0.25) is 4.79 Å². The Hall–Kier alpha value is -1.73. The van der Waals surface area contributed by atoms with E-state index in [1.54, 1.807) is 12.1 Å². The van der Waals surface area contributed by atoms with E-state index in [9.17, 15) is 13.2 Å². The van der Waals surface area contributed by atoms with Crippen LogP contribution in [0.3, 0.4) is 0 Å². The minimum Gasteiger partial charge on any atom is -0.411 e.